The van der Waals surface area contributed by atoms with Gasteiger partial charge in [0.15, 0.2) is 5.82 Å². The van der Waals surface area contributed by atoms with Gasteiger partial charge >= 0.3 is 6.03 Å². The maximum Gasteiger partial charge on any atom is 0.317 e. The molecule has 0 radical (unpaired) electrons. The van der Waals surface area contributed by atoms with Crippen molar-refractivity contribution in [3.05, 3.63) is 12.2 Å². The topological polar surface area (TPSA) is 110 Å². The molecule has 25 heavy (non-hydrogen) atoms. The predicted octanol–water partition coefficient (Wildman–Crippen LogP) is -0.849. The highest BCUT2D eigenvalue weighted by atomic mass is 32.2. The molecule has 140 valence electrons. The number of hydrogen-bond acceptors (Lipinski definition) is 6. The van der Waals surface area contributed by atoms with Crippen LogP contribution in [0.4, 0.5) is 4.79 Å². The molecule has 2 aliphatic rings. The first-order valence-electron chi connectivity index (χ1n) is 8.41. The number of rotatable bonds is 4. The quantitative estimate of drug-likeness (QED) is 0.737. The maximum atomic E-state index is 12.8. The zero-order valence-corrected chi connectivity index (χ0v) is 15.1. The van der Waals surface area contributed by atoms with Crippen molar-refractivity contribution in [2.75, 3.05) is 39.4 Å². The van der Waals surface area contributed by atoms with Crippen LogP contribution < -0.4 is 5.32 Å². The van der Waals surface area contributed by atoms with Crippen molar-refractivity contribution < 1.29 is 17.9 Å². The molecule has 1 N–H and O–H groups in total. The molecule has 2 saturated heterocycles. The van der Waals surface area contributed by atoms with Crippen LogP contribution in [-0.4, -0.2) is 83.1 Å². The Balaban J connectivity index is 1.57. The molecule has 1 atom stereocenters. The lowest BCUT2D eigenvalue weighted by atomic mass is 10.1. The molecule has 2 aliphatic heterocycles. The van der Waals surface area contributed by atoms with E-state index in [2.05, 4.69) is 15.4 Å². The van der Waals surface area contributed by atoms with Gasteiger partial charge in [0.25, 0.3) is 0 Å². The number of hydrogen-bond donors (Lipinski definition) is 1. The maximum absolute atomic E-state index is 12.8. The molecule has 0 aromatic carbocycles. The molecular formula is C14H24N6O4S. The number of urea groups is 1. The molecule has 11 heteroatoms. The van der Waals surface area contributed by atoms with E-state index in [1.165, 1.54) is 4.31 Å². The van der Waals surface area contributed by atoms with Crippen LogP contribution in [0.5, 0.6) is 0 Å². The van der Waals surface area contributed by atoms with Gasteiger partial charge in [-0.15, -0.1) is 0 Å². The van der Waals surface area contributed by atoms with Gasteiger partial charge in [0, 0.05) is 33.2 Å². The average molecular weight is 372 g/mol. The van der Waals surface area contributed by atoms with E-state index in [0.717, 1.165) is 0 Å². The van der Waals surface area contributed by atoms with Crippen molar-refractivity contribution in [2.45, 2.75) is 24.6 Å². The summed E-state index contributed by atoms with van der Waals surface area (Å²) in [4.78, 5) is 18.0. The molecule has 10 nitrogen and oxygen atoms in total. The van der Waals surface area contributed by atoms with Gasteiger partial charge in [-0.05, 0) is 12.8 Å². The number of aromatic nitrogens is 3. The minimum absolute atomic E-state index is 0.209. The molecular weight excluding hydrogens is 348 g/mol. The molecule has 2 amide bonds. The molecule has 2 fully saturated rings. The van der Waals surface area contributed by atoms with E-state index in [1.54, 1.807) is 23.0 Å². The van der Waals surface area contributed by atoms with E-state index in [4.69, 9.17) is 4.74 Å². The normalized spacial score (nSPS) is 22.8. The lowest BCUT2D eigenvalue weighted by molar-refractivity contribution is 0.0721. The molecule has 0 bridgehead atoms. The molecule has 0 aliphatic carbocycles. The number of nitrogens with zero attached hydrogens (tertiary/aromatic N) is 5. The fourth-order valence-electron chi connectivity index (χ4n) is 3.11. The van der Waals surface area contributed by atoms with Gasteiger partial charge in [-0.1, -0.05) is 0 Å². The van der Waals surface area contributed by atoms with Crippen molar-refractivity contribution in [1.29, 1.82) is 0 Å². The van der Waals surface area contributed by atoms with Crippen LogP contribution in [0.2, 0.25) is 0 Å². The van der Waals surface area contributed by atoms with E-state index < -0.39 is 15.3 Å². The summed E-state index contributed by atoms with van der Waals surface area (Å²) < 4.78 is 33.8. The fourth-order valence-corrected chi connectivity index (χ4v) is 5.02. The van der Waals surface area contributed by atoms with E-state index >= 15 is 0 Å². The van der Waals surface area contributed by atoms with Crippen LogP contribution in [0.3, 0.4) is 0 Å². The summed E-state index contributed by atoms with van der Waals surface area (Å²) >= 11 is 0. The number of morpholine rings is 1. The zero-order valence-electron chi connectivity index (χ0n) is 14.3. The van der Waals surface area contributed by atoms with Crippen molar-refractivity contribution in [3.8, 4) is 0 Å². The Morgan fingerprint density at radius 1 is 1.36 bits per heavy atom. The summed E-state index contributed by atoms with van der Waals surface area (Å²) in [6.45, 7) is 2.60. The third-order valence-electron chi connectivity index (χ3n) is 4.46. The Bertz CT molecular complexity index is 700. The van der Waals surface area contributed by atoms with Crippen molar-refractivity contribution >= 4 is 16.1 Å². The highest BCUT2D eigenvalue weighted by Crippen LogP contribution is 2.21. The Morgan fingerprint density at radius 2 is 2.12 bits per heavy atom. The summed E-state index contributed by atoms with van der Waals surface area (Å²) in [5.74, 6) is 0.519. The SMILES string of the molecule is Cn1cnc(CNC(=O)N2CCCC(S(=O)(=O)N3CCOCC3)C2)n1. The Morgan fingerprint density at radius 3 is 2.80 bits per heavy atom. The number of carbonyl (C=O) groups is 1. The van der Waals surface area contributed by atoms with Gasteiger partial charge in [0.05, 0.1) is 25.0 Å². The molecule has 3 heterocycles. The largest absolute Gasteiger partial charge is 0.379 e. The van der Waals surface area contributed by atoms with E-state index in [0.29, 0.717) is 51.5 Å². The third kappa shape index (κ3) is 4.28. The van der Waals surface area contributed by atoms with Crippen LogP contribution in [0, 0.1) is 0 Å². The number of ether oxygens (including phenoxy) is 1. The van der Waals surface area contributed by atoms with Gasteiger partial charge in [-0.3, -0.25) is 4.68 Å². The highest BCUT2D eigenvalue weighted by molar-refractivity contribution is 7.89. The number of piperidine rings is 1. The van der Waals surface area contributed by atoms with Crippen LogP contribution in [0.1, 0.15) is 18.7 Å². The molecule has 0 saturated carbocycles. The monoisotopic (exact) mass is 372 g/mol. The van der Waals surface area contributed by atoms with Crippen LogP contribution in [-0.2, 0) is 28.4 Å². The van der Waals surface area contributed by atoms with Crippen molar-refractivity contribution in [3.63, 3.8) is 0 Å². The molecule has 1 aromatic heterocycles. The van der Waals surface area contributed by atoms with Gasteiger partial charge in [0.2, 0.25) is 10.0 Å². The minimum atomic E-state index is -3.41. The number of aryl methyl sites for hydroxylation is 1. The number of carbonyl (C=O) groups excluding carboxylic acids is 1. The third-order valence-corrected chi connectivity index (χ3v) is 6.77. The average Bonchev–Trinajstić information content (AvgIpc) is 3.06. The second-order valence-corrected chi connectivity index (χ2v) is 8.47. The first-order valence-corrected chi connectivity index (χ1v) is 9.91. The Hall–Kier alpha value is -1.72. The zero-order chi connectivity index (χ0) is 17.9. The number of sulfonamides is 1. The van der Waals surface area contributed by atoms with Crippen molar-refractivity contribution in [1.82, 2.24) is 29.3 Å². The van der Waals surface area contributed by atoms with Gasteiger partial charge < -0.3 is 15.0 Å². The van der Waals surface area contributed by atoms with E-state index in [-0.39, 0.29) is 19.1 Å². The summed E-state index contributed by atoms with van der Waals surface area (Å²) in [5.41, 5.74) is 0. The van der Waals surface area contributed by atoms with Gasteiger partial charge in [-0.2, -0.15) is 9.40 Å². The van der Waals surface area contributed by atoms with E-state index in [9.17, 15) is 13.2 Å². The van der Waals surface area contributed by atoms with Crippen molar-refractivity contribution in [2.24, 2.45) is 7.05 Å². The lowest BCUT2D eigenvalue weighted by Gasteiger charge is -2.36. The smallest absolute Gasteiger partial charge is 0.317 e. The second-order valence-electron chi connectivity index (χ2n) is 6.26. The number of nitrogens with one attached hydrogen (secondary N) is 1. The Labute approximate surface area is 147 Å². The van der Waals surface area contributed by atoms with Gasteiger partial charge in [0.1, 0.15) is 6.33 Å². The van der Waals surface area contributed by atoms with Crippen LogP contribution in [0.15, 0.2) is 6.33 Å². The first-order chi connectivity index (χ1) is 12.0. The molecule has 1 unspecified atom stereocenters. The molecule has 1 aromatic rings. The highest BCUT2D eigenvalue weighted by Gasteiger charge is 2.37. The number of amides is 2. The minimum Gasteiger partial charge on any atom is -0.379 e. The summed E-state index contributed by atoms with van der Waals surface area (Å²) in [7, 11) is -1.66. The second kappa shape index (κ2) is 7.67. The summed E-state index contributed by atoms with van der Waals surface area (Å²) in [6, 6.07) is -0.283. The first kappa shape index (κ1) is 18.1. The Kier molecular flexibility index (Phi) is 5.54. The molecule has 0 spiro atoms. The van der Waals surface area contributed by atoms with Gasteiger partial charge in [-0.25, -0.2) is 18.2 Å². The van der Waals surface area contributed by atoms with E-state index in [1.807, 2.05) is 0 Å². The summed E-state index contributed by atoms with van der Waals surface area (Å²) in [6.07, 6.45) is 2.81. The lowest BCUT2D eigenvalue weighted by Crippen LogP contribution is -2.53. The summed E-state index contributed by atoms with van der Waals surface area (Å²) in [5, 5.41) is 6.30. The van der Waals surface area contributed by atoms with Crippen LogP contribution in [0.25, 0.3) is 0 Å². The van der Waals surface area contributed by atoms with Crippen LogP contribution >= 0.6 is 0 Å². The predicted molar refractivity (Wildman–Crippen MR) is 89.1 cm³/mol. The number of likely N-dealkylation sites (tertiary alicyclic amines) is 1. The molecule has 3 rings (SSSR count). The standard InChI is InChI=1S/C14H24N6O4S/c1-18-11-16-13(17-18)9-15-14(21)19-4-2-3-12(10-19)25(22,23)20-5-7-24-8-6-20/h11-12H,2-10H2,1H3,(H,15,21). The fraction of sp³-hybridized carbons (Fsp3) is 0.786.